The number of sulfone groups is 1. The van der Waals surface area contributed by atoms with Crippen molar-refractivity contribution in [1.29, 1.82) is 0 Å². The molecule has 2 aliphatic rings. The summed E-state index contributed by atoms with van der Waals surface area (Å²) in [6, 6.07) is 0.545. The van der Waals surface area contributed by atoms with Gasteiger partial charge in [0.15, 0.2) is 0 Å². The molecule has 0 aromatic heterocycles. The van der Waals surface area contributed by atoms with Crippen LogP contribution in [0, 0.1) is 5.92 Å². The lowest BCUT2D eigenvalue weighted by molar-refractivity contribution is 0.220. The van der Waals surface area contributed by atoms with Gasteiger partial charge in [0.25, 0.3) is 0 Å². The molecule has 2 rings (SSSR count). The van der Waals surface area contributed by atoms with Crippen LogP contribution in [-0.4, -0.2) is 44.0 Å². The summed E-state index contributed by atoms with van der Waals surface area (Å²) >= 11 is 0. The highest BCUT2D eigenvalue weighted by molar-refractivity contribution is 7.91. The third-order valence-corrected chi connectivity index (χ3v) is 5.21. The largest absolute Gasteiger partial charge is 0.300 e. The van der Waals surface area contributed by atoms with E-state index in [9.17, 15) is 8.42 Å². The van der Waals surface area contributed by atoms with Gasteiger partial charge < -0.3 is 4.90 Å². The summed E-state index contributed by atoms with van der Waals surface area (Å²) in [5.41, 5.74) is 0. The second kappa shape index (κ2) is 3.81. The zero-order valence-corrected chi connectivity index (χ0v) is 9.59. The predicted molar refractivity (Wildman–Crippen MR) is 57.0 cm³/mol. The maximum absolute atomic E-state index is 11.3. The lowest BCUT2D eigenvalue weighted by Crippen LogP contribution is -2.39. The number of likely N-dealkylation sites (tertiary alicyclic amines) is 1. The summed E-state index contributed by atoms with van der Waals surface area (Å²) in [5.74, 6) is 1.61. The maximum Gasteiger partial charge on any atom is 0.150 e. The highest BCUT2D eigenvalue weighted by Gasteiger charge is 2.30. The first-order valence-electron chi connectivity index (χ1n) is 5.51. The van der Waals surface area contributed by atoms with E-state index in [1.807, 2.05) is 0 Å². The van der Waals surface area contributed by atoms with Crippen LogP contribution < -0.4 is 0 Å². The molecule has 0 amide bonds. The molecule has 0 aromatic rings. The van der Waals surface area contributed by atoms with Crippen LogP contribution in [-0.2, 0) is 9.84 Å². The minimum Gasteiger partial charge on any atom is -0.300 e. The standard InChI is InChI=1S/C10H19NO2S/c1-9-2-5-11(8-9)10-3-6-14(12,13)7-4-10/h9-10H,2-8H2,1H3. The molecule has 2 saturated heterocycles. The van der Waals surface area contributed by atoms with Crippen LogP contribution in [0.4, 0.5) is 0 Å². The minimum atomic E-state index is -2.69. The van der Waals surface area contributed by atoms with Crippen LogP contribution in [0.25, 0.3) is 0 Å². The average Bonchev–Trinajstić information content (AvgIpc) is 2.52. The van der Waals surface area contributed by atoms with Gasteiger partial charge in [0.2, 0.25) is 0 Å². The van der Waals surface area contributed by atoms with Crippen LogP contribution in [0.2, 0.25) is 0 Å². The van der Waals surface area contributed by atoms with Crippen molar-refractivity contribution in [3.8, 4) is 0 Å². The lowest BCUT2D eigenvalue weighted by atomic mass is 10.1. The van der Waals surface area contributed by atoms with Crippen LogP contribution in [0.1, 0.15) is 26.2 Å². The fourth-order valence-electron chi connectivity index (χ4n) is 2.54. The smallest absolute Gasteiger partial charge is 0.150 e. The van der Waals surface area contributed by atoms with Gasteiger partial charge in [-0.2, -0.15) is 0 Å². The van der Waals surface area contributed by atoms with E-state index in [-0.39, 0.29) is 0 Å². The van der Waals surface area contributed by atoms with Crippen molar-refractivity contribution in [1.82, 2.24) is 4.90 Å². The molecular weight excluding hydrogens is 198 g/mol. The van der Waals surface area contributed by atoms with Crippen LogP contribution in [0.15, 0.2) is 0 Å². The number of hydrogen-bond donors (Lipinski definition) is 0. The minimum absolute atomic E-state index is 0.405. The predicted octanol–water partition coefficient (Wildman–Crippen LogP) is 0.905. The Balaban J connectivity index is 1.89. The Hall–Kier alpha value is -0.0900. The molecule has 0 radical (unpaired) electrons. The van der Waals surface area contributed by atoms with Gasteiger partial charge in [0.05, 0.1) is 11.5 Å². The molecule has 0 saturated carbocycles. The number of hydrogen-bond acceptors (Lipinski definition) is 3. The van der Waals surface area contributed by atoms with E-state index in [4.69, 9.17) is 0 Å². The quantitative estimate of drug-likeness (QED) is 0.655. The van der Waals surface area contributed by atoms with Crippen molar-refractivity contribution in [2.45, 2.75) is 32.2 Å². The van der Waals surface area contributed by atoms with Crippen LogP contribution in [0.5, 0.6) is 0 Å². The summed E-state index contributed by atoms with van der Waals surface area (Å²) in [5, 5.41) is 0. The van der Waals surface area contributed by atoms with E-state index in [1.165, 1.54) is 19.5 Å². The van der Waals surface area contributed by atoms with Crippen molar-refractivity contribution in [2.24, 2.45) is 5.92 Å². The Bertz CT molecular complexity index is 285. The Morgan fingerprint density at radius 2 is 1.79 bits per heavy atom. The van der Waals surface area contributed by atoms with E-state index < -0.39 is 9.84 Å². The van der Waals surface area contributed by atoms with Gasteiger partial charge in [0, 0.05) is 12.6 Å². The van der Waals surface area contributed by atoms with E-state index in [2.05, 4.69) is 11.8 Å². The van der Waals surface area contributed by atoms with E-state index in [1.54, 1.807) is 0 Å². The molecule has 0 N–H and O–H groups in total. The van der Waals surface area contributed by atoms with Gasteiger partial charge >= 0.3 is 0 Å². The average molecular weight is 217 g/mol. The van der Waals surface area contributed by atoms with Gasteiger partial charge in [-0.3, -0.25) is 0 Å². The van der Waals surface area contributed by atoms with Crippen molar-refractivity contribution < 1.29 is 8.42 Å². The summed E-state index contributed by atoms with van der Waals surface area (Å²) in [6.07, 6.45) is 2.99. The van der Waals surface area contributed by atoms with Crippen molar-refractivity contribution in [3.63, 3.8) is 0 Å². The molecular formula is C10H19NO2S. The fraction of sp³-hybridized carbons (Fsp3) is 1.00. The fourth-order valence-corrected chi connectivity index (χ4v) is 4.01. The second-order valence-electron chi connectivity index (χ2n) is 4.77. The first kappa shape index (κ1) is 10.4. The maximum atomic E-state index is 11.3. The highest BCUT2D eigenvalue weighted by Crippen LogP contribution is 2.24. The van der Waals surface area contributed by atoms with Gasteiger partial charge in [-0.05, 0) is 31.7 Å². The summed E-state index contributed by atoms with van der Waals surface area (Å²) in [7, 11) is -2.69. The van der Waals surface area contributed by atoms with Crippen molar-refractivity contribution >= 4 is 9.84 Å². The highest BCUT2D eigenvalue weighted by atomic mass is 32.2. The van der Waals surface area contributed by atoms with Gasteiger partial charge in [-0.1, -0.05) is 6.92 Å². The molecule has 4 heteroatoms. The molecule has 2 aliphatic heterocycles. The summed E-state index contributed by atoms with van der Waals surface area (Å²) in [6.45, 7) is 4.62. The lowest BCUT2D eigenvalue weighted by Gasteiger charge is -2.30. The van der Waals surface area contributed by atoms with Gasteiger partial charge in [-0.25, -0.2) is 8.42 Å². The van der Waals surface area contributed by atoms with E-state index >= 15 is 0 Å². The molecule has 2 heterocycles. The molecule has 1 atom stereocenters. The first-order chi connectivity index (χ1) is 6.57. The molecule has 0 aliphatic carbocycles. The molecule has 82 valence electrons. The monoisotopic (exact) mass is 217 g/mol. The summed E-state index contributed by atoms with van der Waals surface area (Å²) in [4.78, 5) is 2.49. The molecule has 3 nitrogen and oxygen atoms in total. The molecule has 0 spiro atoms. The van der Waals surface area contributed by atoms with Gasteiger partial charge in [-0.15, -0.1) is 0 Å². The van der Waals surface area contributed by atoms with Crippen LogP contribution in [0.3, 0.4) is 0 Å². The van der Waals surface area contributed by atoms with Crippen molar-refractivity contribution in [2.75, 3.05) is 24.6 Å². The Labute approximate surface area is 86.4 Å². The third-order valence-electron chi connectivity index (χ3n) is 3.50. The van der Waals surface area contributed by atoms with Crippen molar-refractivity contribution in [3.05, 3.63) is 0 Å². The topological polar surface area (TPSA) is 37.4 Å². The Morgan fingerprint density at radius 3 is 2.29 bits per heavy atom. The zero-order valence-electron chi connectivity index (χ0n) is 8.78. The molecule has 1 unspecified atom stereocenters. The van der Waals surface area contributed by atoms with E-state index in [0.29, 0.717) is 17.5 Å². The molecule has 0 bridgehead atoms. The summed E-state index contributed by atoms with van der Waals surface area (Å²) < 4.78 is 22.5. The number of rotatable bonds is 1. The Morgan fingerprint density at radius 1 is 1.14 bits per heavy atom. The van der Waals surface area contributed by atoms with Gasteiger partial charge in [0.1, 0.15) is 9.84 Å². The first-order valence-corrected chi connectivity index (χ1v) is 7.33. The number of nitrogens with zero attached hydrogens (tertiary/aromatic N) is 1. The Kier molecular flexibility index (Phi) is 2.84. The third kappa shape index (κ3) is 2.28. The SMILES string of the molecule is CC1CCN(C2CCS(=O)(=O)CC2)C1. The molecule has 2 fully saturated rings. The van der Waals surface area contributed by atoms with E-state index in [0.717, 1.165) is 18.8 Å². The zero-order chi connectivity index (χ0) is 10.2. The molecule has 0 aromatic carbocycles. The normalized spacial score (nSPS) is 34.8. The second-order valence-corrected chi connectivity index (χ2v) is 7.08. The van der Waals surface area contributed by atoms with Crippen LogP contribution >= 0.6 is 0 Å². The molecule has 14 heavy (non-hydrogen) atoms.